The number of hydrogen-bond donors (Lipinski definition) is 3. The highest BCUT2D eigenvalue weighted by Crippen LogP contribution is 2.12. The average molecular weight is 257 g/mol. The molecule has 1 aromatic rings. The summed E-state index contributed by atoms with van der Waals surface area (Å²) in [4.78, 5) is 22.6. The maximum atomic E-state index is 11.4. The molecule has 5 nitrogen and oxygen atoms in total. The van der Waals surface area contributed by atoms with Crippen molar-refractivity contribution in [3.63, 3.8) is 0 Å². The second kappa shape index (κ2) is 6.22. The zero-order valence-electron chi connectivity index (χ0n) is 9.24. The van der Waals surface area contributed by atoms with Gasteiger partial charge >= 0.3 is 11.8 Å². The number of nitrogens with one attached hydrogen (secondary N) is 2. The van der Waals surface area contributed by atoms with Crippen molar-refractivity contribution >= 4 is 29.1 Å². The van der Waals surface area contributed by atoms with E-state index in [0.29, 0.717) is 10.7 Å². The normalized spacial score (nSPS) is 11.7. The van der Waals surface area contributed by atoms with Gasteiger partial charge in [0.2, 0.25) is 0 Å². The topological polar surface area (TPSA) is 78.4 Å². The van der Waals surface area contributed by atoms with Crippen LogP contribution in [0, 0.1) is 0 Å². The minimum atomic E-state index is -0.791. The highest BCUT2D eigenvalue weighted by atomic mass is 35.5. The van der Waals surface area contributed by atoms with Crippen LogP contribution in [-0.4, -0.2) is 29.6 Å². The fourth-order valence-corrected chi connectivity index (χ4v) is 1.17. The number of rotatable bonds is 3. The molecule has 1 rings (SSSR count). The van der Waals surface area contributed by atoms with E-state index < -0.39 is 17.9 Å². The van der Waals surface area contributed by atoms with Crippen molar-refractivity contribution in [3.05, 3.63) is 29.3 Å². The van der Waals surface area contributed by atoms with Gasteiger partial charge in [0.25, 0.3) is 0 Å². The molecular formula is C11H13ClN2O3. The Bertz CT molecular complexity index is 404. The first-order valence-corrected chi connectivity index (χ1v) is 5.39. The van der Waals surface area contributed by atoms with Gasteiger partial charge in [-0.15, -0.1) is 0 Å². The van der Waals surface area contributed by atoms with E-state index in [0.717, 1.165) is 0 Å². The Morgan fingerprint density at radius 3 is 2.41 bits per heavy atom. The summed E-state index contributed by atoms with van der Waals surface area (Å²) < 4.78 is 0. The van der Waals surface area contributed by atoms with E-state index >= 15 is 0 Å². The van der Waals surface area contributed by atoms with Gasteiger partial charge < -0.3 is 15.7 Å². The van der Waals surface area contributed by atoms with Gasteiger partial charge in [0.15, 0.2) is 0 Å². The van der Waals surface area contributed by atoms with Gasteiger partial charge in [0.1, 0.15) is 0 Å². The van der Waals surface area contributed by atoms with Crippen molar-refractivity contribution in [2.24, 2.45) is 0 Å². The number of amides is 2. The lowest BCUT2D eigenvalue weighted by Crippen LogP contribution is -2.38. The third-order valence-corrected chi connectivity index (χ3v) is 2.12. The van der Waals surface area contributed by atoms with Crippen LogP contribution in [0.3, 0.4) is 0 Å². The summed E-state index contributed by atoms with van der Waals surface area (Å²) in [5.41, 5.74) is 0.478. The third kappa shape index (κ3) is 4.84. The standard InChI is InChI=1S/C11H13ClN2O3/c1-7(15)6-13-10(16)11(17)14-9-4-2-8(12)3-5-9/h2-5,7,15H,6H2,1H3,(H,13,16)(H,14,17)/t7-/m0/s1. The van der Waals surface area contributed by atoms with Crippen LogP contribution in [-0.2, 0) is 9.59 Å². The molecule has 2 amide bonds. The molecule has 0 aliphatic heterocycles. The summed E-state index contributed by atoms with van der Waals surface area (Å²) in [5, 5.41) is 14.2. The second-order valence-corrected chi connectivity index (χ2v) is 3.96. The maximum absolute atomic E-state index is 11.4. The van der Waals surface area contributed by atoms with Gasteiger partial charge in [0.05, 0.1) is 6.10 Å². The summed E-state index contributed by atoms with van der Waals surface area (Å²) in [6.07, 6.45) is -0.692. The first kappa shape index (κ1) is 13.5. The minimum absolute atomic E-state index is 0.0346. The number of aliphatic hydroxyl groups is 1. The van der Waals surface area contributed by atoms with Crippen LogP contribution < -0.4 is 10.6 Å². The maximum Gasteiger partial charge on any atom is 0.313 e. The average Bonchev–Trinajstić information content (AvgIpc) is 2.28. The number of carbonyl (C=O) groups is 2. The Morgan fingerprint density at radius 1 is 1.29 bits per heavy atom. The number of benzene rings is 1. The van der Waals surface area contributed by atoms with Crippen LogP contribution in [0.5, 0.6) is 0 Å². The van der Waals surface area contributed by atoms with Crippen LogP contribution in [0.25, 0.3) is 0 Å². The van der Waals surface area contributed by atoms with Gasteiger partial charge in [-0.3, -0.25) is 9.59 Å². The molecule has 1 atom stereocenters. The largest absolute Gasteiger partial charge is 0.392 e. The van der Waals surface area contributed by atoms with Gasteiger partial charge in [-0.1, -0.05) is 11.6 Å². The molecule has 0 aromatic heterocycles. The Labute approximate surface area is 104 Å². The second-order valence-electron chi connectivity index (χ2n) is 3.52. The third-order valence-electron chi connectivity index (χ3n) is 1.87. The number of carbonyl (C=O) groups excluding carboxylic acids is 2. The van der Waals surface area contributed by atoms with Crippen LogP contribution >= 0.6 is 11.6 Å². The molecule has 0 spiro atoms. The van der Waals surface area contributed by atoms with Gasteiger partial charge in [-0.25, -0.2) is 0 Å². The van der Waals surface area contributed by atoms with E-state index in [4.69, 9.17) is 16.7 Å². The summed E-state index contributed by atoms with van der Waals surface area (Å²) in [5.74, 6) is -1.58. The lowest BCUT2D eigenvalue weighted by atomic mass is 10.3. The Hall–Kier alpha value is -1.59. The lowest BCUT2D eigenvalue weighted by Gasteiger charge is -2.07. The molecule has 3 N–H and O–H groups in total. The molecule has 1 aromatic carbocycles. The lowest BCUT2D eigenvalue weighted by molar-refractivity contribution is -0.136. The quantitative estimate of drug-likeness (QED) is 0.699. The van der Waals surface area contributed by atoms with Gasteiger partial charge in [-0.05, 0) is 31.2 Å². The van der Waals surface area contributed by atoms with E-state index in [1.807, 2.05) is 0 Å². The summed E-state index contributed by atoms with van der Waals surface area (Å²) >= 11 is 5.68. The molecule has 0 saturated heterocycles. The monoisotopic (exact) mass is 256 g/mol. The van der Waals surface area contributed by atoms with Crippen LogP contribution in [0.15, 0.2) is 24.3 Å². The summed E-state index contributed by atoms with van der Waals surface area (Å²) in [6, 6.07) is 6.38. The molecule has 6 heteroatoms. The predicted octanol–water partition coefficient (Wildman–Crippen LogP) is 0.775. The van der Waals surface area contributed by atoms with Crippen molar-refractivity contribution in [1.29, 1.82) is 0 Å². The van der Waals surface area contributed by atoms with Gasteiger partial charge in [-0.2, -0.15) is 0 Å². The SMILES string of the molecule is C[C@H](O)CNC(=O)C(=O)Nc1ccc(Cl)cc1. The Balaban J connectivity index is 2.48. The van der Waals surface area contributed by atoms with E-state index in [9.17, 15) is 9.59 Å². The van der Waals surface area contributed by atoms with Gasteiger partial charge in [0, 0.05) is 17.3 Å². The Morgan fingerprint density at radius 2 is 1.88 bits per heavy atom. The molecule has 0 radical (unpaired) electrons. The van der Waals surface area contributed by atoms with E-state index in [1.165, 1.54) is 6.92 Å². The molecule has 0 aliphatic rings. The summed E-state index contributed by atoms with van der Waals surface area (Å²) in [6.45, 7) is 1.55. The van der Waals surface area contributed by atoms with Crippen molar-refractivity contribution < 1.29 is 14.7 Å². The molecular weight excluding hydrogens is 244 g/mol. The van der Waals surface area contributed by atoms with Crippen LogP contribution in [0.1, 0.15) is 6.92 Å². The molecule has 0 fully saturated rings. The van der Waals surface area contributed by atoms with E-state index in [1.54, 1.807) is 24.3 Å². The van der Waals surface area contributed by atoms with Crippen molar-refractivity contribution in [2.75, 3.05) is 11.9 Å². The van der Waals surface area contributed by atoms with Crippen molar-refractivity contribution in [3.8, 4) is 0 Å². The van der Waals surface area contributed by atoms with E-state index in [2.05, 4.69) is 10.6 Å². The zero-order valence-corrected chi connectivity index (χ0v) is 9.99. The zero-order chi connectivity index (χ0) is 12.8. The smallest absolute Gasteiger partial charge is 0.313 e. The number of anilines is 1. The molecule has 0 bridgehead atoms. The summed E-state index contributed by atoms with van der Waals surface area (Å²) in [7, 11) is 0. The molecule has 0 saturated carbocycles. The van der Waals surface area contributed by atoms with E-state index in [-0.39, 0.29) is 6.54 Å². The van der Waals surface area contributed by atoms with Crippen LogP contribution in [0.2, 0.25) is 5.02 Å². The van der Waals surface area contributed by atoms with Crippen molar-refractivity contribution in [1.82, 2.24) is 5.32 Å². The predicted molar refractivity (Wildman–Crippen MR) is 64.8 cm³/mol. The fraction of sp³-hybridized carbons (Fsp3) is 0.273. The minimum Gasteiger partial charge on any atom is -0.392 e. The molecule has 0 unspecified atom stereocenters. The van der Waals surface area contributed by atoms with Crippen molar-refractivity contribution in [2.45, 2.75) is 13.0 Å². The molecule has 0 aliphatic carbocycles. The first-order valence-electron chi connectivity index (χ1n) is 5.02. The molecule has 17 heavy (non-hydrogen) atoms. The number of hydrogen-bond acceptors (Lipinski definition) is 3. The van der Waals surface area contributed by atoms with Crippen LogP contribution in [0.4, 0.5) is 5.69 Å². The number of aliphatic hydroxyl groups excluding tert-OH is 1. The molecule has 0 heterocycles. The first-order chi connectivity index (χ1) is 7.99. The Kier molecular flexibility index (Phi) is 4.93. The highest BCUT2D eigenvalue weighted by Gasteiger charge is 2.13. The fourth-order valence-electron chi connectivity index (χ4n) is 1.04. The molecule has 92 valence electrons. The number of halogens is 1. The highest BCUT2D eigenvalue weighted by molar-refractivity contribution is 6.39.